The molecule has 0 saturated heterocycles. The van der Waals surface area contributed by atoms with Gasteiger partial charge in [0.1, 0.15) is 5.75 Å². The number of ether oxygens (including phenoxy) is 1. The summed E-state index contributed by atoms with van der Waals surface area (Å²) in [6, 6.07) is 13.3. The van der Waals surface area contributed by atoms with Crippen LogP contribution in [0.25, 0.3) is 16.8 Å². The molecule has 0 bridgehead atoms. The van der Waals surface area contributed by atoms with E-state index in [1.54, 1.807) is 17.8 Å². The van der Waals surface area contributed by atoms with Crippen LogP contribution < -0.4 is 20.7 Å². The van der Waals surface area contributed by atoms with Gasteiger partial charge in [-0.1, -0.05) is 18.2 Å². The quantitative estimate of drug-likeness (QED) is 0.640. The lowest BCUT2D eigenvalue weighted by atomic mass is 10.1. The van der Waals surface area contributed by atoms with E-state index in [1.165, 1.54) is 0 Å². The highest BCUT2D eigenvalue weighted by atomic mass is 16.5. The van der Waals surface area contributed by atoms with Crippen LogP contribution in [0.2, 0.25) is 0 Å². The van der Waals surface area contributed by atoms with Gasteiger partial charge in [-0.25, -0.2) is 9.31 Å². The van der Waals surface area contributed by atoms with Crippen molar-refractivity contribution >= 4 is 17.2 Å². The van der Waals surface area contributed by atoms with Gasteiger partial charge in [-0.3, -0.25) is 0 Å². The molecule has 0 spiro atoms. The topological polar surface area (TPSA) is 79.7 Å². The summed E-state index contributed by atoms with van der Waals surface area (Å²) in [6.45, 7) is 1.26. The van der Waals surface area contributed by atoms with Gasteiger partial charge in [0.05, 0.1) is 30.2 Å². The number of hydrogen-bond donors (Lipinski definition) is 3. The summed E-state index contributed by atoms with van der Waals surface area (Å²) in [6.07, 6.45) is 7.65. The highest BCUT2D eigenvalue weighted by molar-refractivity contribution is 5.89. The zero-order chi connectivity index (χ0) is 19.3. The number of methoxy groups -OCH3 is 1. The van der Waals surface area contributed by atoms with Crippen molar-refractivity contribution in [3.8, 4) is 17.0 Å². The van der Waals surface area contributed by atoms with Gasteiger partial charge in [-0.15, -0.1) is 0 Å². The zero-order valence-electron chi connectivity index (χ0n) is 15.5. The van der Waals surface area contributed by atoms with Crippen molar-refractivity contribution in [2.45, 2.75) is 0 Å². The van der Waals surface area contributed by atoms with Crippen LogP contribution in [-0.2, 0) is 0 Å². The summed E-state index contributed by atoms with van der Waals surface area (Å²) in [5.74, 6) is 0.785. The minimum atomic E-state index is -0.257. The highest BCUT2D eigenvalue weighted by Crippen LogP contribution is 2.24. The van der Waals surface area contributed by atoms with Crippen molar-refractivity contribution in [3.05, 3.63) is 72.6 Å². The Labute approximate surface area is 162 Å². The van der Waals surface area contributed by atoms with Gasteiger partial charge in [-0.2, -0.15) is 5.10 Å². The number of aromatic nitrogens is 2. The first-order valence-corrected chi connectivity index (χ1v) is 8.99. The first-order valence-electron chi connectivity index (χ1n) is 8.99. The van der Waals surface area contributed by atoms with Gasteiger partial charge in [-0.05, 0) is 48.2 Å². The van der Waals surface area contributed by atoms with Crippen molar-refractivity contribution in [3.63, 3.8) is 0 Å². The van der Waals surface area contributed by atoms with Crippen molar-refractivity contribution in [2.24, 2.45) is 0 Å². The molecule has 1 aliphatic heterocycles. The molecule has 28 heavy (non-hydrogen) atoms. The monoisotopic (exact) mass is 375 g/mol. The van der Waals surface area contributed by atoms with E-state index in [4.69, 9.17) is 4.74 Å². The fourth-order valence-electron chi connectivity index (χ4n) is 2.96. The highest BCUT2D eigenvalue weighted by Gasteiger charge is 2.08. The number of nitrogens with zero attached hydrogens (tertiary/aromatic N) is 2. The van der Waals surface area contributed by atoms with Gasteiger partial charge >= 0.3 is 6.03 Å². The van der Waals surface area contributed by atoms with E-state index in [2.05, 4.69) is 21.0 Å². The Kier molecular flexibility index (Phi) is 4.97. The number of pyridine rings is 1. The van der Waals surface area contributed by atoms with Crippen molar-refractivity contribution in [1.29, 1.82) is 0 Å². The molecule has 3 aromatic rings. The van der Waals surface area contributed by atoms with Gasteiger partial charge in [0.15, 0.2) is 0 Å². The molecule has 3 heterocycles. The van der Waals surface area contributed by atoms with Crippen LogP contribution in [0.15, 0.2) is 72.6 Å². The number of urea groups is 1. The number of anilines is 1. The molecule has 0 radical (unpaired) electrons. The molecule has 1 aliphatic rings. The van der Waals surface area contributed by atoms with Crippen molar-refractivity contribution in [1.82, 2.24) is 20.2 Å². The van der Waals surface area contributed by atoms with E-state index in [9.17, 15) is 4.79 Å². The predicted octanol–water partition coefficient (Wildman–Crippen LogP) is 3.17. The summed E-state index contributed by atoms with van der Waals surface area (Å²) in [5.41, 5.74) is 4.48. The van der Waals surface area contributed by atoms with Gasteiger partial charge < -0.3 is 20.7 Å². The van der Waals surface area contributed by atoms with Crippen LogP contribution in [0, 0.1) is 0 Å². The number of nitrogens with one attached hydrogen (secondary N) is 3. The Hall–Kier alpha value is -3.74. The zero-order valence-corrected chi connectivity index (χ0v) is 15.5. The van der Waals surface area contributed by atoms with E-state index in [-0.39, 0.29) is 6.03 Å². The summed E-state index contributed by atoms with van der Waals surface area (Å²) in [7, 11) is 1.64. The number of hydrogen-bond acceptors (Lipinski definition) is 4. The molecule has 1 aromatic carbocycles. The molecule has 7 heteroatoms. The Morgan fingerprint density at radius 2 is 2.21 bits per heavy atom. The lowest BCUT2D eigenvalue weighted by Crippen LogP contribution is -2.31. The van der Waals surface area contributed by atoms with Crippen LogP contribution in [0.4, 0.5) is 10.5 Å². The van der Waals surface area contributed by atoms with E-state index < -0.39 is 0 Å². The van der Waals surface area contributed by atoms with E-state index in [0.717, 1.165) is 34.6 Å². The van der Waals surface area contributed by atoms with Crippen molar-refractivity contribution in [2.75, 3.05) is 25.5 Å². The van der Waals surface area contributed by atoms with E-state index >= 15 is 0 Å². The maximum atomic E-state index is 12.2. The Morgan fingerprint density at radius 3 is 3.04 bits per heavy atom. The summed E-state index contributed by atoms with van der Waals surface area (Å²) in [4.78, 5) is 12.2. The molecule has 2 aromatic heterocycles. The fraction of sp³-hybridized carbons (Fsp3) is 0.143. The van der Waals surface area contributed by atoms with Crippen LogP contribution in [-0.4, -0.2) is 35.8 Å². The lowest BCUT2D eigenvalue weighted by Gasteiger charge is -2.11. The van der Waals surface area contributed by atoms with Gasteiger partial charge in [0.2, 0.25) is 0 Å². The molecule has 0 aliphatic carbocycles. The summed E-state index contributed by atoms with van der Waals surface area (Å²) in [5, 5.41) is 13.4. The number of amides is 2. The number of dihydropyridines is 1. The summed E-state index contributed by atoms with van der Waals surface area (Å²) < 4.78 is 7.03. The average Bonchev–Trinajstić information content (AvgIpc) is 3.16. The third kappa shape index (κ3) is 3.98. The normalized spacial score (nSPS) is 13.0. The third-order valence-corrected chi connectivity index (χ3v) is 4.43. The Bertz CT molecular complexity index is 1070. The van der Waals surface area contributed by atoms with Crippen LogP contribution >= 0.6 is 0 Å². The standard InChI is InChI=1S/C21H21N5O2/c1-28-19-4-2-3-16(11-19)20-12-18-6-5-17(14-26(18)25-20)24-21(27)23-13-15-7-9-22-10-8-15/h2-9,11-12,14,22H,10,13H2,1H3,(H2,23,24,27). The second-order valence-electron chi connectivity index (χ2n) is 6.38. The maximum absolute atomic E-state index is 12.2. The average molecular weight is 375 g/mol. The minimum Gasteiger partial charge on any atom is -0.497 e. The number of rotatable bonds is 5. The molecular weight excluding hydrogens is 354 g/mol. The summed E-state index contributed by atoms with van der Waals surface area (Å²) >= 11 is 0. The van der Waals surface area contributed by atoms with E-state index in [1.807, 2.05) is 60.8 Å². The van der Waals surface area contributed by atoms with Gasteiger partial charge in [0.25, 0.3) is 0 Å². The fourth-order valence-corrected chi connectivity index (χ4v) is 2.96. The number of carbonyl (C=O) groups excluding carboxylic acids is 1. The van der Waals surface area contributed by atoms with Crippen LogP contribution in [0.5, 0.6) is 5.75 Å². The number of carbonyl (C=O) groups is 1. The largest absolute Gasteiger partial charge is 0.497 e. The van der Waals surface area contributed by atoms with Crippen LogP contribution in [0.3, 0.4) is 0 Å². The Morgan fingerprint density at radius 1 is 1.29 bits per heavy atom. The molecule has 142 valence electrons. The SMILES string of the molecule is COc1cccc(-c2cc3ccc(NC(=O)NCC4=CCNC=C4)cn3n2)c1. The first kappa shape index (κ1) is 17.7. The smallest absolute Gasteiger partial charge is 0.319 e. The molecule has 3 N–H and O–H groups in total. The molecule has 0 fully saturated rings. The third-order valence-electron chi connectivity index (χ3n) is 4.43. The maximum Gasteiger partial charge on any atom is 0.319 e. The first-order chi connectivity index (χ1) is 13.7. The molecule has 0 saturated carbocycles. The second-order valence-corrected chi connectivity index (χ2v) is 6.38. The van der Waals surface area contributed by atoms with Crippen LogP contribution in [0.1, 0.15) is 0 Å². The predicted molar refractivity (Wildman–Crippen MR) is 109 cm³/mol. The molecule has 4 rings (SSSR count). The van der Waals surface area contributed by atoms with Crippen molar-refractivity contribution < 1.29 is 9.53 Å². The molecule has 0 atom stereocenters. The van der Waals surface area contributed by atoms with E-state index in [0.29, 0.717) is 12.2 Å². The number of benzene rings is 1. The van der Waals surface area contributed by atoms with Gasteiger partial charge in [0, 0.05) is 18.7 Å². The number of fused-ring (bicyclic) bond motifs is 1. The molecular formula is C21H21N5O2. The molecule has 2 amide bonds. The Balaban J connectivity index is 1.46. The second kappa shape index (κ2) is 7.87. The molecule has 0 unspecified atom stereocenters. The lowest BCUT2D eigenvalue weighted by molar-refractivity contribution is 0.253. The minimum absolute atomic E-state index is 0.257. The molecule has 7 nitrogen and oxygen atoms in total.